The summed E-state index contributed by atoms with van der Waals surface area (Å²) in [5.74, 6) is 0.379. The van der Waals surface area contributed by atoms with E-state index in [0.29, 0.717) is 16.5 Å². The van der Waals surface area contributed by atoms with Crippen molar-refractivity contribution in [3.05, 3.63) is 23.2 Å². The Morgan fingerprint density at radius 2 is 2.00 bits per heavy atom. The molecule has 0 saturated heterocycles. The molecule has 0 aliphatic rings. The highest BCUT2D eigenvalue weighted by Gasteiger charge is 2.25. The summed E-state index contributed by atoms with van der Waals surface area (Å²) in [6, 6.07) is 4.96. The number of anilines is 1. The zero-order valence-electron chi connectivity index (χ0n) is 8.35. The summed E-state index contributed by atoms with van der Waals surface area (Å²) in [7, 11) is 0. The van der Waals surface area contributed by atoms with Gasteiger partial charge >= 0.3 is 6.18 Å². The average Bonchev–Trinajstić information content (AvgIpc) is 2.16. The summed E-state index contributed by atoms with van der Waals surface area (Å²) in [5, 5.41) is 0.535. The lowest BCUT2D eigenvalue weighted by Gasteiger charge is -2.07. The molecule has 0 fully saturated rings. The van der Waals surface area contributed by atoms with Gasteiger partial charge < -0.3 is 5.73 Å². The Labute approximate surface area is 101 Å². The van der Waals surface area contributed by atoms with E-state index >= 15 is 0 Å². The second-order valence-corrected chi connectivity index (χ2v) is 4.82. The Morgan fingerprint density at radius 1 is 1.31 bits per heavy atom. The summed E-state index contributed by atoms with van der Waals surface area (Å²) in [5.41, 5.74) is 6.20. The molecule has 0 aromatic heterocycles. The van der Waals surface area contributed by atoms with Gasteiger partial charge in [0.1, 0.15) is 0 Å². The molecule has 0 spiro atoms. The van der Waals surface area contributed by atoms with E-state index in [2.05, 4.69) is 0 Å². The van der Waals surface area contributed by atoms with Crippen LogP contribution in [0.15, 0.2) is 23.1 Å². The molecule has 0 amide bonds. The Bertz CT molecular complexity index is 354. The van der Waals surface area contributed by atoms with Crippen LogP contribution in [0.1, 0.15) is 12.8 Å². The summed E-state index contributed by atoms with van der Waals surface area (Å²) in [6.07, 6.45) is -4.76. The van der Waals surface area contributed by atoms with Gasteiger partial charge in [0.05, 0.1) is 0 Å². The minimum atomic E-state index is -4.08. The maximum atomic E-state index is 11.9. The molecule has 6 heteroatoms. The number of hydrogen-bond donors (Lipinski definition) is 1. The van der Waals surface area contributed by atoms with Crippen molar-refractivity contribution in [1.29, 1.82) is 0 Å². The second-order valence-electron chi connectivity index (χ2n) is 3.25. The van der Waals surface area contributed by atoms with Gasteiger partial charge in [0.15, 0.2) is 0 Å². The summed E-state index contributed by atoms with van der Waals surface area (Å²) in [4.78, 5) is 0.731. The van der Waals surface area contributed by atoms with E-state index in [9.17, 15) is 13.2 Å². The molecule has 16 heavy (non-hydrogen) atoms. The summed E-state index contributed by atoms with van der Waals surface area (Å²) < 4.78 is 35.6. The molecule has 0 unspecified atom stereocenters. The van der Waals surface area contributed by atoms with E-state index in [0.717, 1.165) is 4.90 Å². The van der Waals surface area contributed by atoms with E-state index in [-0.39, 0.29) is 6.42 Å². The molecule has 90 valence electrons. The van der Waals surface area contributed by atoms with E-state index in [1.54, 1.807) is 18.2 Å². The standard InChI is InChI=1S/C10H11ClF3NS/c11-7-2-3-8(15)9(6-7)16-5-1-4-10(12,13)14/h2-3,6H,1,4-5,15H2. The average molecular weight is 270 g/mol. The van der Waals surface area contributed by atoms with Crippen LogP contribution in [0.25, 0.3) is 0 Å². The fraction of sp³-hybridized carbons (Fsp3) is 0.400. The van der Waals surface area contributed by atoms with E-state index in [4.69, 9.17) is 17.3 Å². The fourth-order valence-corrected chi connectivity index (χ4v) is 2.28. The van der Waals surface area contributed by atoms with Crippen LogP contribution < -0.4 is 5.73 Å². The van der Waals surface area contributed by atoms with Gasteiger partial charge in [0, 0.05) is 22.0 Å². The molecule has 1 rings (SSSR count). The molecule has 0 saturated carbocycles. The van der Waals surface area contributed by atoms with Crippen molar-refractivity contribution < 1.29 is 13.2 Å². The SMILES string of the molecule is Nc1ccc(Cl)cc1SCCCC(F)(F)F. The third-order valence-corrected chi connectivity index (χ3v) is 3.23. The molecule has 1 aromatic rings. The van der Waals surface area contributed by atoms with Crippen LogP contribution >= 0.6 is 23.4 Å². The maximum absolute atomic E-state index is 11.9. The summed E-state index contributed by atoms with van der Waals surface area (Å²) >= 11 is 7.05. The molecule has 1 nitrogen and oxygen atoms in total. The van der Waals surface area contributed by atoms with Crippen LogP contribution in [0.2, 0.25) is 5.02 Å². The van der Waals surface area contributed by atoms with E-state index in [1.165, 1.54) is 11.8 Å². The third-order valence-electron chi connectivity index (χ3n) is 1.84. The number of halogens is 4. The van der Waals surface area contributed by atoms with Crippen LogP contribution in [-0.2, 0) is 0 Å². The molecule has 0 heterocycles. The topological polar surface area (TPSA) is 26.0 Å². The highest BCUT2D eigenvalue weighted by Crippen LogP contribution is 2.30. The van der Waals surface area contributed by atoms with Gasteiger partial charge in [0.25, 0.3) is 0 Å². The second kappa shape index (κ2) is 5.68. The first-order valence-corrected chi connectivity index (χ1v) is 5.99. The van der Waals surface area contributed by atoms with Crippen molar-refractivity contribution in [2.24, 2.45) is 0 Å². The predicted octanol–water partition coefficient (Wildman–Crippen LogP) is 4.36. The monoisotopic (exact) mass is 269 g/mol. The first kappa shape index (κ1) is 13.5. The van der Waals surface area contributed by atoms with Crippen LogP contribution in [0, 0.1) is 0 Å². The highest BCUT2D eigenvalue weighted by molar-refractivity contribution is 7.99. The maximum Gasteiger partial charge on any atom is 0.389 e. The number of nitrogen functional groups attached to an aromatic ring is 1. The normalized spacial score (nSPS) is 11.8. The third kappa shape index (κ3) is 4.99. The lowest BCUT2D eigenvalue weighted by Crippen LogP contribution is -2.06. The highest BCUT2D eigenvalue weighted by atomic mass is 35.5. The lowest BCUT2D eigenvalue weighted by molar-refractivity contribution is -0.134. The van der Waals surface area contributed by atoms with Crippen LogP contribution in [0.5, 0.6) is 0 Å². The van der Waals surface area contributed by atoms with Crippen molar-refractivity contribution in [3.8, 4) is 0 Å². The molecule has 0 radical (unpaired) electrons. The first-order valence-electron chi connectivity index (χ1n) is 4.63. The first-order chi connectivity index (χ1) is 7.38. The van der Waals surface area contributed by atoms with Gasteiger partial charge in [-0.2, -0.15) is 13.2 Å². The van der Waals surface area contributed by atoms with Gasteiger partial charge in [-0.15, -0.1) is 11.8 Å². The number of alkyl halides is 3. The van der Waals surface area contributed by atoms with Crippen molar-refractivity contribution in [3.63, 3.8) is 0 Å². The zero-order valence-corrected chi connectivity index (χ0v) is 9.92. The lowest BCUT2D eigenvalue weighted by atomic mass is 10.3. The van der Waals surface area contributed by atoms with Gasteiger partial charge in [-0.05, 0) is 30.4 Å². The molecule has 0 aliphatic heterocycles. The minimum absolute atomic E-state index is 0.0835. The fourth-order valence-electron chi connectivity index (χ4n) is 1.09. The molecular weight excluding hydrogens is 259 g/mol. The number of rotatable bonds is 4. The Kier molecular flexibility index (Phi) is 4.80. The number of nitrogens with two attached hydrogens (primary N) is 1. The zero-order chi connectivity index (χ0) is 12.2. The van der Waals surface area contributed by atoms with Crippen molar-refractivity contribution >= 4 is 29.1 Å². The number of thioether (sulfide) groups is 1. The molecule has 1 aromatic carbocycles. The Balaban J connectivity index is 2.40. The van der Waals surface area contributed by atoms with Gasteiger partial charge in [-0.25, -0.2) is 0 Å². The van der Waals surface area contributed by atoms with Gasteiger partial charge in [-0.3, -0.25) is 0 Å². The quantitative estimate of drug-likeness (QED) is 0.499. The predicted molar refractivity (Wildman–Crippen MR) is 61.9 cm³/mol. The Morgan fingerprint density at radius 3 is 2.62 bits per heavy atom. The largest absolute Gasteiger partial charge is 0.398 e. The van der Waals surface area contributed by atoms with E-state index in [1.807, 2.05) is 0 Å². The van der Waals surface area contributed by atoms with Crippen molar-refractivity contribution in [2.75, 3.05) is 11.5 Å². The van der Waals surface area contributed by atoms with Gasteiger partial charge in [0.2, 0.25) is 0 Å². The minimum Gasteiger partial charge on any atom is -0.398 e. The van der Waals surface area contributed by atoms with Crippen LogP contribution in [0.4, 0.5) is 18.9 Å². The number of hydrogen-bond acceptors (Lipinski definition) is 2. The van der Waals surface area contributed by atoms with E-state index < -0.39 is 12.6 Å². The Hall–Kier alpha value is -0.550. The van der Waals surface area contributed by atoms with Crippen LogP contribution in [-0.4, -0.2) is 11.9 Å². The smallest absolute Gasteiger partial charge is 0.389 e. The molecule has 0 bridgehead atoms. The summed E-state index contributed by atoms with van der Waals surface area (Å²) in [6.45, 7) is 0. The molecular formula is C10H11ClF3NS. The van der Waals surface area contributed by atoms with Crippen molar-refractivity contribution in [1.82, 2.24) is 0 Å². The molecule has 0 aliphatic carbocycles. The van der Waals surface area contributed by atoms with Crippen LogP contribution in [0.3, 0.4) is 0 Å². The van der Waals surface area contributed by atoms with Crippen molar-refractivity contribution in [2.45, 2.75) is 23.9 Å². The molecule has 0 atom stereocenters. The van der Waals surface area contributed by atoms with Gasteiger partial charge in [-0.1, -0.05) is 11.6 Å². The number of benzene rings is 1. The molecule has 2 N–H and O–H groups in total.